The normalized spacial score (nSPS) is 10.6. The predicted octanol–water partition coefficient (Wildman–Crippen LogP) is 6.38. The van der Waals surface area contributed by atoms with E-state index in [1.54, 1.807) is 0 Å². The van der Waals surface area contributed by atoms with Gasteiger partial charge in [-0.2, -0.15) is 0 Å². The molecular weight excluding hydrogens is 474 g/mol. The molecule has 0 atom stereocenters. The third kappa shape index (κ3) is 6.68. The van der Waals surface area contributed by atoms with E-state index in [9.17, 15) is 9.59 Å². The van der Waals surface area contributed by atoms with Crippen LogP contribution in [0.4, 0.5) is 10.8 Å². The third-order valence-corrected chi connectivity index (χ3v) is 6.68. The van der Waals surface area contributed by atoms with Gasteiger partial charge in [-0.15, -0.1) is 23.1 Å². The van der Waals surface area contributed by atoms with Crippen LogP contribution in [-0.2, 0) is 16.0 Å². The summed E-state index contributed by atoms with van der Waals surface area (Å²) in [5.41, 5.74) is 3.21. The molecule has 1 heterocycles. The molecule has 0 aliphatic rings. The van der Waals surface area contributed by atoms with Crippen molar-refractivity contribution in [2.45, 2.75) is 11.3 Å². The Morgan fingerprint density at radius 2 is 1.70 bits per heavy atom. The van der Waals surface area contributed by atoms with Crippen molar-refractivity contribution in [3.63, 3.8) is 0 Å². The van der Waals surface area contributed by atoms with Crippen molar-refractivity contribution >= 4 is 57.3 Å². The number of nitrogens with zero attached hydrogens (tertiary/aromatic N) is 1. The zero-order chi connectivity index (χ0) is 23.0. The molecule has 0 aliphatic carbocycles. The lowest BCUT2D eigenvalue weighted by Crippen LogP contribution is -2.14. The van der Waals surface area contributed by atoms with Gasteiger partial charge in [0, 0.05) is 26.5 Å². The molecule has 166 valence electrons. The van der Waals surface area contributed by atoms with Crippen molar-refractivity contribution in [2.24, 2.45) is 0 Å². The zero-order valence-corrected chi connectivity index (χ0v) is 19.8. The number of carbonyl (C=O) groups is 2. The molecule has 33 heavy (non-hydrogen) atoms. The lowest BCUT2D eigenvalue weighted by atomic mass is 10.1. The number of halogens is 1. The van der Waals surface area contributed by atoms with Gasteiger partial charge in [0.25, 0.3) is 0 Å². The summed E-state index contributed by atoms with van der Waals surface area (Å²) in [6.07, 6.45) is 0.310. The van der Waals surface area contributed by atoms with Gasteiger partial charge in [0.15, 0.2) is 5.13 Å². The first-order valence-corrected chi connectivity index (χ1v) is 12.4. The average Bonchev–Trinajstić information content (AvgIpc) is 3.27. The Balaban J connectivity index is 1.29. The number of carbonyl (C=O) groups excluding carboxylic acids is 2. The van der Waals surface area contributed by atoms with Gasteiger partial charge < -0.3 is 10.6 Å². The minimum absolute atomic E-state index is 0.0841. The van der Waals surface area contributed by atoms with E-state index in [1.165, 1.54) is 23.1 Å². The number of hydrogen-bond acceptors (Lipinski definition) is 5. The molecular formula is C25H20ClN3O2S2. The number of thioether (sulfide) groups is 1. The molecule has 2 N–H and O–H groups in total. The number of thiazole rings is 1. The molecule has 8 heteroatoms. The van der Waals surface area contributed by atoms with Gasteiger partial charge in [-0.3, -0.25) is 9.59 Å². The third-order valence-electron chi connectivity index (χ3n) is 4.60. The second kappa shape index (κ2) is 11.1. The highest BCUT2D eigenvalue weighted by molar-refractivity contribution is 8.00. The van der Waals surface area contributed by atoms with Crippen LogP contribution in [0, 0.1) is 0 Å². The van der Waals surface area contributed by atoms with E-state index in [1.807, 2.05) is 84.2 Å². The number of anilines is 2. The average molecular weight is 494 g/mol. The van der Waals surface area contributed by atoms with Crippen LogP contribution in [0.2, 0.25) is 5.02 Å². The lowest BCUT2D eigenvalue weighted by Gasteiger charge is -2.08. The first-order valence-electron chi connectivity index (χ1n) is 10.1. The molecule has 4 aromatic rings. The molecule has 0 saturated carbocycles. The molecule has 1 aromatic heterocycles. The van der Waals surface area contributed by atoms with Crippen molar-refractivity contribution in [1.29, 1.82) is 0 Å². The fourth-order valence-corrected chi connectivity index (χ4v) is 4.79. The van der Waals surface area contributed by atoms with Crippen LogP contribution >= 0.6 is 34.7 Å². The fraction of sp³-hybridized carbons (Fsp3) is 0.0800. The van der Waals surface area contributed by atoms with E-state index in [0.29, 0.717) is 22.3 Å². The van der Waals surface area contributed by atoms with Crippen LogP contribution in [0.5, 0.6) is 0 Å². The summed E-state index contributed by atoms with van der Waals surface area (Å²) in [4.78, 5) is 30.0. The predicted molar refractivity (Wildman–Crippen MR) is 137 cm³/mol. The quantitative estimate of drug-likeness (QED) is 0.279. The molecule has 0 bridgehead atoms. The second-order valence-corrected chi connectivity index (χ2v) is 9.41. The Hall–Kier alpha value is -3.13. The molecule has 0 saturated heterocycles. The largest absolute Gasteiger partial charge is 0.326 e. The maximum Gasteiger partial charge on any atom is 0.236 e. The highest BCUT2D eigenvalue weighted by atomic mass is 35.5. The van der Waals surface area contributed by atoms with Gasteiger partial charge in [-0.25, -0.2) is 4.98 Å². The Kier molecular flexibility index (Phi) is 7.78. The summed E-state index contributed by atoms with van der Waals surface area (Å²) >= 11 is 8.97. The van der Waals surface area contributed by atoms with Gasteiger partial charge >= 0.3 is 0 Å². The molecule has 5 nitrogen and oxygen atoms in total. The van der Waals surface area contributed by atoms with Crippen LogP contribution in [0.15, 0.2) is 89.1 Å². The van der Waals surface area contributed by atoms with Crippen molar-refractivity contribution in [3.05, 3.63) is 94.8 Å². The van der Waals surface area contributed by atoms with E-state index >= 15 is 0 Å². The molecule has 0 aliphatic heterocycles. The first kappa shape index (κ1) is 23.0. The zero-order valence-electron chi connectivity index (χ0n) is 17.5. The van der Waals surface area contributed by atoms with Crippen LogP contribution in [0.1, 0.15) is 5.56 Å². The monoisotopic (exact) mass is 493 g/mol. The van der Waals surface area contributed by atoms with Crippen LogP contribution in [0.25, 0.3) is 11.3 Å². The molecule has 2 amide bonds. The van der Waals surface area contributed by atoms with Crippen LogP contribution < -0.4 is 10.6 Å². The van der Waals surface area contributed by atoms with Crippen molar-refractivity contribution in [2.75, 3.05) is 16.4 Å². The number of benzene rings is 3. The number of aromatic nitrogens is 1. The molecule has 0 fully saturated rings. The summed E-state index contributed by atoms with van der Waals surface area (Å²) in [5.74, 6) is -0.0136. The number of hydrogen-bond donors (Lipinski definition) is 2. The topological polar surface area (TPSA) is 71.1 Å². The van der Waals surface area contributed by atoms with Gasteiger partial charge in [0.05, 0.1) is 17.9 Å². The Morgan fingerprint density at radius 1 is 0.909 bits per heavy atom. The lowest BCUT2D eigenvalue weighted by molar-refractivity contribution is -0.115. The van der Waals surface area contributed by atoms with E-state index in [2.05, 4.69) is 15.6 Å². The highest BCUT2D eigenvalue weighted by Crippen LogP contribution is 2.30. The van der Waals surface area contributed by atoms with Gasteiger partial charge in [-0.05, 0) is 29.8 Å². The van der Waals surface area contributed by atoms with Gasteiger partial charge in [-0.1, -0.05) is 66.2 Å². The summed E-state index contributed by atoms with van der Waals surface area (Å²) in [7, 11) is 0. The number of rotatable bonds is 8. The summed E-state index contributed by atoms with van der Waals surface area (Å²) in [5, 5.41) is 8.75. The van der Waals surface area contributed by atoms with Crippen molar-refractivity contribution in [3.8, 4) is 11.3 Å². The smallest absolute Gasteiger partial charge is 0.236 e. The maximum atomic E-state index is 12.4. The summed E-state index contributed by atoms with van der Waals surface area (Å²) < 4.78 is 0. The first-order chi connectivity index (χ1) is 16.1. The molecule has 4 rings (SSSR count). The van der Waals surface area contributed by atoms with Crippen LogP contribution in [0.3, 0.4) is 0 Å². The van der Waals surface area contributed by atoms with Crippen molar-refractivity contribution in [1.82, 2.24) is 4.98 Å². The highest BCUT2D eigenvalue weighted by Gasteiger charge is 2.11. The fourth-order valence-electron chi connectivity index (χ4n) is 3.08. The minimum Gasteiger partial charge on any atom is -0.326 e. The molecule has 0 spiro atoms. The summed E-state index contributed by atoms with van der Waals surface area (Å²) in [6.45, 7) is 0. The molecule has 3 aromatic carbocycles. The van der Waals surface area contributed by atoms with Gasteiger partial charge in [0.1, 0.15) is 0 Å². The standard InChI is InChI=1S/C25H20ClN3O2S2/c26-21-12-5-4-11-20(21)22-15-33-25(28-22)29-24(31)16-32-19-10-6-9-18(14-19)27-23(30)13-17-7-2-1-3-8-17/h1-12,14-15H,13,16H2,(H,27,30)(H,28,29,31). The SMILES string of the molecule is O=C(Cc1ccccc1)Nc1cccc(SCC(=O)Nc2nc(-c3ccccc3Cl)cs2)c1. The summed E-state index contributed by atoms with van der Waals surface area (Å²) in [6, 6.07) is 24.5. The molecule has 0 radical (unpaired) electrons. The van der Waals surface area contributed by atoms with E-state index in [4.69, 9.17) is 11.6 Å². The van der Waals surface area contributed by atoms with E-state index in [-0.39, 0.29) is 17.6 Å². The Bertz CT molecular complexity index is 1260. The minimum atomic E-state index is -0.154. The number of nitrogens with one attached hydrogen (secondary N) is 2. The van der Waals surface area contributed by atoms with E-state index < -0.39 is 0 Å². The van der Waals surface area contributed by atoms with Crippen molar-refractivity contribution < 1.29 is 9.59 Å². The second-order valence-electron chi connectivity index (χ2n) is 7.09. The van der Waals surface area contributed by atoms with Gasteiger partial charge in [0.2, 0.25) is 11.8 Å². The number of amides is 2. The van der Waals surface area contributed by atoms with E-state index in [0.717, 1.165) is 21.7 Å². The maximum absolute atomic E-state index is 12.4. The Labute approximate surface area is 205 Å². The molecule has 0 unspecified atom stereocenters. The van der Waals surface area contributed by atoms with Crippen LogP contribution in [-0.4, -0.2) is 22.6 Å². The Morgan fingerprint density at radius 3 is 2.52 bits per heavy atom.